The molecule has 0 aromatic heterocycles. The van der Waals surface area contributed by atoms with Gasteiger partial charge in [-0.1, -0.05) is 5.16 Å². The molecule has 3 aliphatic rings. The van der Waals surface area contributed by atoms with Crippen molar-refractivity contribution in [3.05, 3.63) is 23.8 Å². The fraction of sp³-hybridized carbons (Fsp3) is 0.467. The number of oxime groups is 1. The van der Waals surface area contributed by atoms with Crippen LogP contribution < -0.4 is 9.47 Å². The van der Waals surface area contributed by atoms with E-state index in [4.69, 9.17) is 14.3 Å². The molecule has 1 fully saturated rings. The van der Waals surface area contributed by atoms with Gasteiger partial charge < -0.3 is 19.2 Å². The number of hydrogen-bond donors (Lipinski definition) is 0. The zero-order valence-electron chi connectivity index (χ0n) is 11.6. The predicted molar refractivity (Wildman–Crippen MR) is 74.4 cm³/mol. The third kappa shape index (κ3) is 2.20. The molecule has 1 aromatic carbocycles. The van der Waals surface area contributed by atoms with Crippen LogP contribution in [0.4, 0.5) is 0 Å². The van der Waals surface area contributed by atoms with E-state index in [-0.39, 0.29) is 12.7 Å². The number of nitrogens with zero attached hydrogens (tertiary/aromatic N) is 2. The second-order valence-corrected chi connectivity index (χ2v) is 5.44. The molecular formula is C15H16N2O4. The third-order valence-electron chi connectivity index (χ3n) is 4.07. The van der Waals surface area contributed by atoms with E-state index >= 15 is 0 Å². The van der Waals surface area contributed by atoms with Gasteiger partial charge in [-0.05, 0) is 31.0 Å². The summed E-state index contributed by atoms with van der Waals surface area (Å²) in [6.45, 7) is 1.91. The van der Waals surface area contributed by atoms with Gasteiger partial charge in [0.2, 0.25) is 12.9 Å². The first-order valence-electron chi connectivity index (χ1n) is 7.23. The van der Waals surface area contributed by atoms with Crippen molar-refractivity contribution in [1.82, 2.24) is 4.90 Å². The number of fused-ring (bicyclic) bond motifs is 1. The average Bonchev–Trinajstić information content (AvgIpc) is 3.25. The highest BCUT2D eigenvalue weighted by molar-refractivity contribution is 6.04. The van der Waals surface area contributed by atoms with Crippen molar-refractivity contribution < 1.29 is 19.1 Å². The molecule has 1 saturated heterocycles. The minimum Gasteiger partial charge on any atom is -0.454 e. The molecule has 6 nitrogen and oxygen atoms in total. The van der Waals surface area contributed by atoms with Gasteiger partial charge >= 0.3 is 0 Å². The normalized spacial score (nSPS) is 23.1. The molecule has 4 rings (SSSR count). The van der Waals surface area contributed by atoms with Crippen LogP contribution in [-0.2, 0) is 9.63 Å². The molecule has 3 aliphatic heterocycles. The molecule has 3 heterocycles. The Morgan fingerprint density at radius 3 is 2.86 bits per heavy atom. The van der Waals surface area contributed by atoms with Gasteiger partial charge in [-0.3, -0.25) is 4.79 Å². The molecule has 1 aromatic rings. The molecule has 0 aliphatic carbocycles. The van der Waals surface area contributed by atoms with Crippen LogP contribution in [0.1, 0.15) is 24.8 Å². The van der Waals surface area contributed by atoms with Gasteiger partial charge in [0.05, 0.1) is 5.71 Å². The summed E-state index contributed by atoms with van der Waals surface area (Å²) in [6, 6.07) is 5.65. The molecule has 0 bridgehead atoms. The summed E-state index contributed by atoms with van der Waals surface area (Å²) in [6.07, 6.45) is 2.18. The maximum Gasteiger partial charge on any atom is 0.266 e. The third-order valence-corrected chi connectivity index (χ3v) is 4.07. The van der Waals surface area contributed by atoms with Crippen molar-refractivity contribution in [3.8, 4) is 11.5 Å². The largest absolute Gasteiger partial charge is 0.454 e. The van der Waals surface area contributed by atoms with Gasteiger partial charge in [0.15, 0.2) is 11.5 Å². The minimum atomic E-state index is -0.483. The molecule has 6 heteroatoms. The quantitative estimate of drug-likeness (QED) is 0.828. The smallest absolute Gasteiger partial charge is 0.266 e. The van der Waals surface area contributed by atoms with Gasteiger partial charge in [-0.15, -0.1) is 0 Å². The monoisotopic (exact) mass is 288 g/mol. The zero-order valence-corrected chi connectivity index (χ0v) is 11.6. The van der Waals surface area contributed by atoms with Crippen molar-refractivity contribution in [2.24, 2.45) is 5.16 Å². The highest BCUT2D eigenvalue weighted by Gasteiger charge is 2.33. The topological polar surface area (TPSA) is 60.4 Å². The van der Waals surface area contributed by atoms with E-state index in [1.165, 1.54) is 0 Å². The Labute approximate surface area is 122 Å². The van der Waals surface area contributed by atoms with Gasteiger partial charge in [0.1, 0.15) is 0 Å². The SMILES string of the molecule is O=C(C1CC(c2ccc3c(c2)OCO3)=NO1)N1CCCC1. The van der Waals surface area contributed by atoms with Crippen LogP contribution in [0.5, 0.6) is 11.5 Å². The van der Waals surface area contributed by atoms with Crippen LogP contribution in [0, 0.1) is 0 Å². The first kappa shape index (κ1) is 12.5. The van der Waals surface area contributed by atoms with Crippen LogP contribution in [0.25, 0.3) is 0 Å². The number of rotatable bonds is 2. The molecule has 21 heavy (non-hydrogen) atoms. The van der Waals surface area contributed by atoms with E-state index in [9.17, 15) is 4.79 Å². The second kappa shape index (κ2) is 4.95. The lowest BCUT2D eigenvalue weighted by molar-refractivity contribution is -0.140. The number of amides is 1. The maximum atomic E-state index is 12.3. The van der Waals surface area contributed by atoms with Crippen molar-refractivity contribution in [2.75, 3.05) is 19.9 Å². The van der Waals surface area contributed by atoms with E-state index in [2.05, 4.69) is 5.16 Å². The van der Waals surface area contributed by atoms with E-state index in [1.807, 2.05) is 23.1 Å². The number of likely N-dealkylation sites (tertiary alicyclic amines) is 1. The Morgan fingerprint density at radius 1 is 1.19 bits per heavy atom. The fourth-order valence-electron chi connectivity index (χ4n) is 2.90. The molecule has 1 atom stereocenters. The highest BCUT2D eigenvalue weighted by Crippen LogP contribution is 2.33. The molecule has 0 N–H and O–H groups in total. The number of ether oxygens (including phenoxy) is 2. The van der Waals surface area contributed by atoms with Crippen molar-refractivity contribution in [2.45, 2.75) is 25.4 Å². The lowest BCUT2D eigenvalue weighted by Gasteiger charge is -2.18. The number of carbonyl (C=O) groups is 1. The summed E-state index contributed by atoms with van der Waals surface area (Å²) in [7, 11) is 0. The second-order valence-electron chi connectivity index (χ2n) is 5.44. The van der Waals surface area contributed by atoms with Crippen LogP contribution in [0.15, 0.2) is 23.4 Å². The Bertz CT molecular complexity index is 608. The van der Waals surface area contributed by atoms with E-state index < -0.39 is 6.10 Å². The summed E-state index contributed by atoms with van der Waals surface area (Å²) in [5, 5.41) is 4.08. The van der Waals surface area contributed by atoms with Crippen molar-refractivity contribution in [1.29, 1.82) is 0 Å². The first-order valence-corrected chi connectivity index (χ1v) is 7.23. The molecule has 110 valence electrons. The van der Waals surface area contributed by atoms with E-state index in [0.717, 1.165) is 43.0 Å². The summed E-state index contributed by atoms with van der Waals surface area (Å²) in [4.78, 5) is 19.5. The Morgan fingerprint density at radius 2 is 2.00 bits per heavy atom. The summed E-state index contributed by atoms with van der Waals surface area (Å²) in [5.41, 5.74) is 1.70. The molecular weight excluding hydrogens is 272 g/mol. The minimum absolute atomic E-state index is 0.0481. The van der Waals surface area contributed by atoms with Gasteiger partial charge in [0.25, 0.3) is 5.91 Å². The summed E-state index contributed by atoms with van der Waals surface area (Å²) < 4.78 is 10.6. The van der Waals surface area contributed by atoms with Crippen LogP contribution in [0.3, 0.4) is 0 Å². The van der Waals surface area contributed by atoms with Gasteiger partial charge in [0, 0.05) is 25.1 Å². The lowest BCUT2D eigenvalue weighted by atomic mass is 10.0. The number of benzene rings is 1. The van der Waals surface area contributed by atoms with E-state index in [1.54, 1.807) is 0 Å². The zero-order chi connectivity index (χ0) is 14.2. The standard InChI is InChI=1S/C15H16N2O4/c18-15(17-5-1-2-6-17)14-8-11(16-21-14)10-3-4-12-13(7-10)20-9-19-12/h3-4,7,14H,1-2,5-6,8-9H2. The number of hydrogen-bond acceptors (Lipinski definition) is 5. The Balaban J connectivity index is 1.47. The molecule has 0 radical (unpaired) electrons. The maximum absolute atomic E-state index is 12.3. The summed E-state index contributed by atoms with van der Waals surface area (Å²) in [5.74, 6) is 1.50. The Kier molecular flexibility index (Phi) is 2.94. The first-order chi connectivity index (χ1) is 10.3. The molecule has 1 unspecified atom stereocenters. The van der Waals surface area contributed by atoms with Crippen molar-refractivity contribution in [3.63, 3.8) is 0 Å². The summed E-state index contributed by atoms with van der Waals surface area (Å²) >= 11 is 0. The molecule has 0 saturated carbocycles. The lowest BCUT2D eigenvalue weighted by Crippen LogP contribution is -2.37. The number of carbonyl (C=O) groups excluding carboxylic acids is 1. The molecule has 0 spiro atoms. The van der Waals surface area contributed by atoms with E-state index in [0.29, 0.717) is 12.2 Å². The van der Waals surface area contributed by atoms with Crippen LogP contribution in [0.2, 0.25) is 0 Å². The van der Waals surface area contributed by atoms with Gasteiger partial charge in [-0.2, -0.15) is 0 Å². The van der Waals surface area contributed by atoms with Crippen LogP contribution >= 0.6 is 0 Å². The van der Waals surface area contributed by atoms with Crippen LogP contribution in [-0.4, -0.2) is 42.5 Å². The Hall–Kier alpha value is -2.24. The van der Waals surface area contributed by atoms with Crippen molar-refractivity contribution >= 4 is 11.6 Å². The van der Waals surface area contributed by atoms with Gasteiger partial charge in [-0.25, -0.2) is 0 Å². The highest BCUT2D eigenvalue weighted by atomic mass is 16.7. The average molecular weight is 288 g/mol. The molecule has 1 amide bonds. The fourth-order valence-corrected chi connectivity index (χ4v) is 2.90. The predicted octanol–water partition coefficient (Wildman–Crippen LogP) is 1.53.